The fourth-order valence-corrected chi connectivity index (χ4v) is 3.88. The molecule has 0 saturated heterocycles. The van der Waals surface area contributed by atoms with Crippen molar-refractivity contribution in [2.75, 3.05) is 21.9 Å². The fraction of sp³-hybridized carbons (Fsp3) is 0.200. The number of nitrogens with two attached hydrogens (primary N) is 1. The molecule has 0 saturated carbocycles. The summed E-state index contributed by atoms with van der Waals surface area (Å²) < 4.78 is 31.5. The molecule has 0 fully saturated rings. The normalized spacial score (nSPS) is 11.2. The maximum absolute atomic E-state index is 12.8. The zero-order valence-corrected chi connectivity index (χ0v) is 16.5. The standard InChI is InChI=1S/C15H15BrClN3O5S/c16-7-4-8-19(26(23,24)25-11-5-2-1-3-6-11)14-10-15(20(21)22)13(18)9-12(14)17/h1-3,5-6,9-10H,4,7-8,18H2. The molecule has 140 valence electrons. The number of nitro benzene ring substituents is 1. The molecular weight excluding hydrogens is 450 g/mol. The lowest BCUT2D eigenvalue weighted by Gasteiger charge is -2.24. The van der Waals surface area contributed by atoms with E-state index in [9.17, 15) is 18.5 Å². The molecule has 0 spiro atoms. The van der Waals surface area contributed by atoms with Gasteiger partial charge in [0.1, 0.15) is 11.4 Å². The highest BCUT2D eigenvalue weighted by Gasteiger charge is 2.29. The number of nitro groups is 1. The second kappa shape index (κ2) is 8.56. The summed E-state index contributed by atoms with van der Waals surface area (Å²) in [5, 5.41) is 11.6. The van der Waals surface area contributed by atoms with E-state index in [1.807, 2.05) is 0 Å². The van der Waals surface area contributed by atoms with Gasteiger partial charge in [-0.15, -0.1) is 0 Å². The number of alkyl halides is 1. The minimum absolute atomic E-state index is 0.00120. The van der Waals surface area contributed by atoms with Crippen molar-refractivity contribution in [1.82, 2.24) is 0 Å². The Morgan fingerprint density at radius 2 is 1.92 bits per heavy atom. The lowest BCUT2D eigenvalue weighted by atomic mass is 10.2. The number of rotatable bonds is 8. The average molecular weight is 465 g/mol. The first-order chi connectivity index (χ1) is 12.3. The van der Waals surface area contributed by atoms with Crippen molar-refractivity contribution in [3.05, 3.63) is 57.6 Å². The Morgan fingerprint density at radius 1 is 1.27 bits per heavy atom. The van der Waals surface area contributed by atoms with E-state index in [2.05, 4.69) is 15.9 Å². The van der Waals surface area contributed by atoms with Crippen molar-refractivity contribution >= 4 is 54.9 Å². The second-order valence-electron chi connectivity index (χ2n) is 5.09. The first-order valence-electron chi connectivity index (χ1n) is 7.33. The summed E-state index contributed by atoms with van der Waals surface area (Å²) in [5.41, 5.74) is 4.91. The fourth-order valence-electron chi connectivity index (χ4n) is 2.11. The summed E-state index contributed by atoms with van der Waals surface area (Å²) in [6.07, 6.45) is 0.423. The Kier molecular flexibility index (Phi) is 6.68. The van der Waals surface area contributed by atoms with Crippen molar-refractivity contribution in [2.45, 2.75) is 6.42 Å². The van der Waals surface area contributed by atoms with E-state index < -0.39 is 20.9 Å². The second-order valence-corrected chi connectivity index (χ2v) is 7.75. The number of hydrogen-bond acceptors (Lipinski definition) is 6. The van der Waals surface area contributed by atoms with Gasteiger partial charge in [-0.2, -0.15) is 8.42 Å². The van der Waals surface area contributed by atoms with Gasteiger partial charge in [-0.05, 0) is 24.6 Å². The lowest BCUT2D eigenvalue weighted by molar-refractivity contribution is -0.383. The van der Waals surface area contributed by atoms with E-state index >= 15 is 0 Å². The molecule has 0 unspecified atom stereocenters. The zero-order chi connectivity index (χ0) is 19.3. The molecule has 11 heteroatoms. The molecule has 8 nitrogen and oxygen atoms in total. The van der Waals surface area contributed by atoms with Crippen molar-refractivity contribution < 1.29 is 17.5 Å². The van der Waals surface area contributed by atoms with Gasteiger partial charge in [0.2, 0.25) is 0 Å². The third kappa shape index (κ3) is 4.77. The monoisotopic (exact) mass is 463 g/mol. The minimum atomic E-state index is -4.31. The summed E-state index contributed by atoms with van der Waals surface area (Å²) in [7, 11) is -4.31. The number of para-hydroxylation sites is 1. The van der Waals surface area contributed by atoms with E-state index in [0.717, 1.165) is 16.4 Å². The van der Waals surface area contributed by atoms with Crippen LogP contribution in [0.5, 0.6) is 5.75 Å². The molecule has 0 bridgehead atoms. The molecule has 0 atom stereocenters. The summed E-state index contributed by atoms with van der Waals surface area (Å²) >= 11 is 9.34. The van der Waals surface area contributed by atoms with Crippen LogP contribution in [0.2, 0.25) is 5.02 Å². The largest absolute Gasteiger partial charge is 0.410 e. The van der Waals surface area contributed by atoms with E-state index in [-0.39, 0.29) is 28.7 Å². The molecule has 0 aliphatic heterocycles. The maximum atomic E-state index is 12.8. The van der Waals surface area contributed by atoms with Crippen LogP contribution >= 0.6 is 27.5 Å². The predicted molar refractivity (Wildman–Crippen MR) is 104 cm³/mol. The van der Waals surface area contributed by atoms with Gasteiger partial charge in [0.25, 0.3) is 5.69 Å². The zero-order valence-electron chi connectivity index (χ0n) is 13.3. The molecule has 2 rings (SSSR count). The van der Waals surface area contributed by atoms with Crippen LogP contribution in [0.25, 0.3) is 0 Å². The summed E-state index contributed by atoms with van der Waals surface area (Å²) in [6.45, 7) is 0.00120. The van der Waals surface area contributed by atoms with Gasteiger partial charge < -0.3 is 9.92 Å². The third-order valence-corrected chi connectivity index (χ3v) is 5.46. The Bertz CT molecular complexity index is 896. The lowest BCUT2D eigenvalue weighted by Crippen LogP contribution is -2.36. The van der Waals surface area contributed by atoms with Crippen LogP contribution in [-0.2, 0) is 10.3 Å². The van der Waals surface area contributed by atoms with Gasteiger partial charge >= 0.3 is 10.3 Å². The number of nitrogen functional groups attached to an aromatic ring is 1. The molecule has 2 aromatic carbocycles. The van der Waals surface area contributed by atoms with E-state index in [1.165, 1.54) is 12.1 Å². The Labute approximate surface area is 164 Å². The molecule has 2 N–H and O–H groups in total. The molecule has 0 radical (unpaired) electrons. The van der Waals surface area contributed by atoms with Crippen LogP contribution in [-0.4, -0.2) is 25.2 Å². The number of hydrogen-bond donors (Lipinski definition) is 1. The molecule has 0 heterocycles. The quantitative estimate of drug-likeness (QED) is 0.275. The number of anilines is 2. The minimum Gasteiger partial charge on any atom is -0.393 e. The van der Waals surface area contributed by atoms with E-state index in [1.54, 1.807) is 18.2 Å². The van der Waals surface area contributed by atoms with Gasteiger partial charge in [-0.3, -0.25) is 10.1 Å². The highest BCUT2D eigenvalue weighted by atomic mass is 79.9. The van der Waals surface area contributed by atoms with Crippen LogP contribution in [0.15, 0.2) is 42.5 Å². The highest BCUT2D eigenvalue weighted by molar-refractivity contribution is 9.09. The van der Waals surface area contributed by atoms with Crippen LogP contribution in [0.4, 0.5) is 17.1 Å². The Balaban J connectivity index is 2.50. The summed E-state index contributed by atoms with van der Waals surface area (Å²) in [4.78, 5) is 10.4. The smallest absolute Gasteiger partial charge is 0.393 e. The first-order valence-corrected chi connectivity index (χ1v) is 10.2. The molecular formula is C15H15BrClN3O5S. The first kappa shape index (κ1) is 20.3. The number of benzene rings is 2. The van der Waals surface area contributed by atoms with Crippen molar-refractivity contribution in [2.24, 2.45) is 0 Å². The van der Waals surface area contributed by atoms with Crippen molar-refractivity contribution in [1.29, 1.82) is 0 Å². The predicted octanol–water partition coefficient (Wildman–Crippen LogP) is 3.75. The topological polar surface area (TPSA) is 116 Å². The maximum Gasteiger partial charge on any atom is 0.410 e. The van der Waals surface area contributed by atoms with E-state index in [0.29, 0.717) is 11.8 Å². The Morgan fingerprint density at radius 3 is 2.50 bits per heavy atom. The molecule has 2 aromatic rings. The number of halogens is 2. The van der Waals surface area contributed by atoms with E-state index in [4.69, 9.17) is 21.5 Å². The van der Waals surface area contributed by atoms with Gasteiger partial charge in [-0.1, -0.05) is 45.7 Å². The molecule has 0 aromatic heterocycles. The molecule has 0 aliphatic carbocycles. The van der Waals surface area contributed by atoms with Crippen molar-refractivity contribution in [3.8, 4) is 5.75 Å². The SMILES string of the molecule is Nc1cc(Cl)c(N(CCCBr)S(=O)(=O)Oc2ccccc2)cc1[N+](=O)[O-]. The van der Waals surface area contributed by atoms with Gasteiger partial charge in [0.15, 0.2) is 0 Å². The highest BCUT2D eigenvalue weighted by Crippen LogP contribution is 2.36. The van der Waals surface area contributed by atoms with Crippen LogP contribution < -0.4 is 14.2 Å². The molecule has 26 heavy (non-hydrogen) atoms. The third-order valence-electron chi connectivity index (χ3n) is 3.27. The molecule has 0 amide bonds. The van der Waals surface area contributed by atoms with Crippen LogP contribution in [0.3, 0.4) is 0 Å². The average Bonchev–Trinajstić information content (AvgIpc) is 2.56. The Hall–Kier alpha value is -2.04. The summed E-state index contributed by atoms with van der Waals surface area (Å²) in [5.74, 6) is 0.109. The van der Waals surface area contributed by atoms with Crippen molar-refractivity contribution in [3.63, 3.8) is 0 Å². The van der Waals surface area contributed by atoms with Crippen LogP contribution in [0, 0.1) is 10.1 Å². The van der Waals surface area contributed by atoms with Gasteiger partial charge in [0.05, 0.1) is 15.6 Å². The van der Waals surface area contributed by atoms with Crippen LogP contribution in [0.1, 0.15) is 6.42 Å². The van der Waals surface area contributed by atoms with Gasteiger partial charge in [-0.25, -0.2) is 4.31 Å². The summed E-state index contributed by atoms with van der Waals surface area (Å²) in [6, 6.07) is 10.1. The van der Waals surface area contributed by atoms with Gasteiger partial charge in [0, 0.05) is 17.9 Å². The number of nitrogens with zero attached hydrogens (tertiary/aromatic N) is 2. The molecule has 0 aliphatic rings.